The third-order valence-corrected chi connectivity index (χ3v) is 5.69. The highest BCUT2D eigenvalue weighted by atomic mass is 16.1. The summed E-state index contributed by atoms with van der Waals surface area (Å²) in [4.78, 5) is 33.1. The molecule has 31 heavy (non-hydrogen) atoms. The van der Waals surface area contributed by atoms with Gasteiger partial charge in [0.1, 0.15) is 5.52 Å². The SMILES string of the molecule is C/C=C/Cn1c(N2CCCC(N)C2)nc2ccn(CC(=O)c3ccccc3N)c(=O)c21. The minimum Gasteiger partial charge on any atom is -0.398 e. The molecule has 2 aromatic heterocycles. The number of nitrogens with two attached hydrogens (primary N) is 2. The first kappa shape index (κ1) is 20.9. The summed E-state index contributed by atoms with van der Waals surface area (Å²) in [5, 5.41) is 0. The molecule has 1 aliphatic heterocycles. The number of hydrogen-bond acceptors (Lipinski definition) is 6. The van der Waals surface area contributed by atoms with Crippen LogP contribution in [0, 0.1) is 0 Å². The van der Waals surface area contributed by atoms with E-state index in [0.29, 0.717) is 35.4 Å². The van der Waals surface area contributed by atoms with Gasteiger partial charge in [0.15, 0.2) is 5.78 Å². The molecule has 0 amide bonds. The van der Waals surface area contributed by atoms with Gasteiger partial charge >= 0.3 is 0 Å². The molecule has 1 unspecified atom stereocenters. The Hall–Kier alpha value is -3.39. The molecule has 1 fully saturated rings. The molecule has 0 spiro atoms. The van der Waals surface area contributed by atoms with Crippen molar-refractivity contribution in [1.29, 1.82) is 0 Å². The van der Waals surface area contributed by atoms with Crippen molar-refractivity contribution in [3.05, 3.63) is 64.6 Å². The van der Waals surface area contributed by atoms with Crippen LogP contribution in [0.1, 0.15) is 30.1 Å². The van der Waals surface area contributed by atoms with Gasteiger partial charge in [-0.25, -0.2) is 4.98 Å². The Balaban J connectivity index is 1.76. The van der Waals surface area contributed by atoms with Gasteiger partial charge in [0.05, 0.1) is 12.1 Å². The molecule has 3 aromatic rings. The van der Waals surface area contributed by atoms with Crippen LogP contribution in [0.25, 0.3) is 11.0 Å². The fraction of sp³-hybridized carbons (Fsp3) is 0.348. The Morgan fingerprint density at radius 3 is 2.84 bits per heavy atom. The molecule has 0 bridgehead atoms. The number of rotatable bonds is 6. The van der Waals surface area contributed by atoms with Crippen molar-refractivity contribution >= 4 is 28.5 Å². The normalized spacial score (nSPS) is 17.0. The van der Waals surface area contributed by atoms with Gasteiger partial charge < -0.3 is 25.5 Å². The number of nitrogen functional groups attached to an aromatic ring is 1. The topological polar surface area (TPSA) is 112 Å². The van der Waals surface area contributed by atoms with E-state index in [0.717, 1.165) is 25.3 Å². The van der Waals surface area contributed by atoms with E-state index in [2.05, 4.69) is 4.90 Å². The zero-order valence-electron chi connectivity index (χ0n) is 17.7. The molecule has 4 rings (SSSR count). The maximum atomic E-state index is 13.4. The average molecular weight is 421 g/mol. The maximum absolute atomic E-state index is 13.4. The van der Waals surface area contributed by atoms with Crippen molar-refractivity contribution in [2.45, 2.75) is 38.9 Å². The quantitative estimate of drug-likeness (QED) is 0.359. The lowest BCUT2D eigenvalue weighted by atomic mass is 10.1. The smallest absolute Gasteiger partial charge is 0.277 e. The summed E-state index contributed by atoms with van der Waals surface area (Å²) in [5.74, 6) is 0.540. The highest BCUT2D eigenvalue weighted by Gasteiger charge is 2.24. The number of anilines is 2. The lowest BCUT2D eigenvalue weighted by molar-refractivity contribution is 0.0972. The first-order chi connectivity index (χ1) is 15.0. The van der Waals surface area contributed by atoms with E-state index in [1.54, 1.807) is 36.5 Å². The minimum absolute atomic E-state index is 0.0816. The molecule has 8 nitrogen and oxygen atoms in total. The molecule has 4 N–H and O–H groups in total. The summed E-state index contributed by atoms with van der Waals surface area (Å²) >= 11 is 0. The highest BCUT2D eigenvalue weighted by molar-refractivity contribution is 6.00. The summed E-state index contributed by atoms with van der Waals surface area (Å²) < 4.78 is 3.35. The Bertz CT molecular complexity index is 1190. The molecule has 0 aliphatic carbocycles. The lowest BCUT2D eigenvalue weighted by Gasteiger charge is -2.31. The summed E-state index contributed by atoms with van der Waals surface area (Å²) in [6, 6.07) is 8.78. The van der Waals surface area contributed by atoms with E-state index < -0.39 is 0 Å². The van der Waals surface area contributed by atoms with Crippen molar-refractivity contribution in [2.24, 2.45) is 5.73 Å². The number of pyridine rings is 1. The van der Waals surface area contributed by atoms with Crippen LogP contribution in [-0.4, -0.2) is 39.0 Å². The van der Waals surface area contributed by atoms with Gasteiger partial charge in [-0.2, -0.15) is 0 Å². The zero-order chi connectivity index (χ0) is 22.0. The Morgan fingerprint density at radius 1 is 1.29 bits per heavy atom. The van der Waals surface area contributed by atoms with Gasteiger partial charge in [-0.3, -0.25) is 9.59 Å². The van der Waals surface area contributed by atoms with Crippen LogP contribution in [0.2, 0.25) is 0 Å². The van der Waals surface area contributed by atoms with Gasteiger partial charge in [-0.15, -0.1) is 0 Å². The molecule has 3 heterocycles. The second-order valence-electron chi connectivity index (χ2n) is 7.93. The van der Waals surface area contributed by atoms with E-state index >= 15 is 0 Å². The van der Waals surface area contributed by atoms with Crippen LogP contribution < -0.4 is 21.9 Å². The molecule has 1 aliphatic rings. The number of piperidine rings is 1. The first-order valence-corrected chi connectivity index (χ1v) is 10.6. The van der Waals surface area contributed by atoms with Crippen LogP contribution >= 0.6 is 0 Å². The van der Waals surface area contributed by atoms with E-state index in [1.807, 2.05) is 23.6 Å². The lowest BCUT2D eigenvalue weighted by Crippen LogP contribution is -2.44. The third kappa shape index (κ3) is 4.11. The van der Waals surface area contributed by atoms with Gasteiger partial charge in [0, 0.05) is 43.1 Å². The molecule has 1 aromatic carbocycles. The van der Waals surface area contributed by atoms with Crippen molar-refractivity contribution < 1.29 is 4.79 Å². The Labute approximate surface area is 180 Å². The van der Waals surface area contributed by atoms with Crippen LogP contribution in [0.5, 0.6) is 0 Å². The van der Waals surface area contributed by atoms with E-state index in [4.69, 9.17) is 16.5 Å². The first-order valence-electron chi connectivity index (χ1n) is 10.6. The number of carbonyl (C=O) groups is 1. The van der Waals surface area contributed by atoms with E-state index in [-0.39, 0.29) is 23.9 Å². The number of benzene rings is 1. The van der Waals surface area contributed by atoms with Crippen LogP contribution in [0.4, 0.5) is 11.6 Å². The number of nitrogens with zero attached hydrogens (tertiary/aromatic N) is 4. The van der Waals surface area contributed by atoms with Crippen LogP contribution in [0.3, 0.4) is 0 Å². The van der Waals surface area contributed by atoms with E-state index in [1.165, 1.54) is 4.57 Å². The number of para-hydroxylation sites is 1. The predicted octanol–water partition coefficient (Wildman–Crippen LogP) is 2.17. The number of fused-ring (bicyclic) bond motifs is 1. The number of allylic oxidation sites excluding steroid dienone is 2. The average Bonchev–Trinajstić information content (AvgIpc) is 3.13. The second-order valence-corrected chi connectivity index (χ2v) is 7.93. The summed E-state index contributed by atoms with van der Waals surface area (Å²) in [5.41, 5.74) is 13.8. The third-order valence-electron chi connectivity index (χ3n) is 5.69. The van der Waals surface area contributed by atoms with Gasteiger partial charge in [-0.05, 0) is 38.0 Å². The van der Waals surface area contributed by atoms with E-state index in [9.17, 15) is 9.59 Å². The number of imidazole rings is 1. The van der Waals surface area contributed by atoms with Crippen molar-refractivity contribution in [3.63, 3.8) is 0 Å². The minimum atomic E-state index is -0.245. The Morgan fingerprint density at radius 2 is 2.10 bits per heavy atom. The molecular weight excluding hydrogens is 392 g/mol. The second kappa shape index (κ2) is 8.77. The van der Waals surface area contributed by atoms with Crippen molar-refractivity contribution in [3.8, 4) is 0 Å². The monoisotopic (exact) mass is 420 g/mol. The number of ketones is 1. The fourth-order valence-corrected chi connectivity index (χ4v) is 4.10. The summed E-state index contributed by atoms with van der Waals surface area (Å²) in [6.45, 7) is 3.94. The standard InChI is InChI=1S/C23H28N6O2/c1-2-3-12-29-21-19(26-23(29)28-11-6-7-16(24)14-28)10-13-27(22(21)31)15-20(30)17-8-4-5-9-18(17)25/h2-5,8-10,13,16H,6-7,11-12,14-15,24-25H2,1H3/b3-2+. The number of hydrogen-bond donors (Lipinski definition) is 2. The molecule has 0 radical (unpaired) electrons. The predicted molar refractivity (Wildman–Crippen MR) is 123 cm³/mol. The van der Waals surface area contributed by atoms with Crippen LogP contribution in [0.15, 0.2) is 53.5 Å². The Kier molecular flexibility index (Phi) is 5.90. The molecular formula is C23H28N6O2. The number of aromatic nitrogens is 3. The summed E-state index contributed by atoms with van der Waals surface area (Å²) in [7, 11) is 0. The van der Waals surface area contributed by atoms with Gasteiger partial charge in [-0.1, -0.05) is 24.3 Å². The molecule has 162 valence electrons. The molecule has 8 heteroatoms. The number of carbonyl (C=O) groups excluding carboxylic acids is 1. The van der Waals surface area contributed by atoms with Gasteiger partial charge in [0.2, 0.25) is 5.95 Å². The van der Waals surface area contributed by atoms with Crippen LogP contribution in [-0.2, 0) is 13.1 Å². The van der Waals surface area contributed by atoms with Crippen molar-refractivity contribution in [2.75, 3.05) is 23.7 Å². The maximum Gasteiger partial charge on any atom is 0.277 e. The van der Waals surface area contributed by atoms with Gasteiger partial charge in [0.25, 0.3) is 5.56 Å². The largest absolute Gasteiger partial charge is 0.398 e. The fourth-order valence-electron chi connectivity index (χ4n) is 4.10. The summed E-state index contributed by atoms with van der Waals surface area (Å²) in [6.07, 6.45) is 7.54. The molecule has 0 saturated carbocycles. The highest BCUT2D eigenvalue weighted by Crippen LogP contribution is 2.23. The molecule has 1 saturated heterocycles. The van der Waals surface area contributed by atoms with Crippen molar-refractivity contribution in [1.82, 2.24) is 14.1 Å². The molecule has 1 atom stereocenters. The zero-order valence-corrected chi connectivity index (χ0v) is 17.7. The number of Topliss-reactive ketones (excluding diaryl/α,β-unsaturated/α-hetero) is 1.